The molecule has 0 aliphatic carbocycles. The molecule has 0 aliphatic rings. The summed E-state index contributed by atoms with van der Waals surface area (Å²) >= 11 is 0. The molecule has 0 atom stereocenters. The van der Waals surface area contributed by atoms with Crippen LogP contribution in [0.3, 0.4) is 0 Å². The lowest BCUT2D eigenvalue weighted by Gasteiger charge is -2.06. The smallest absolute Gasteiger partial charge is 0.0411 e. The van der Waals surface area contributed by atoms with Gasteiger partial charge in [-0.25, -0.2) is 0 Å². The van der Waals surface area contributed by atoms with Crippen LogP contribution >= 0.6 is 0 Å². The summed E-state index contributed by atoms with van der Waals surface area (Å²) in [6.07, 6.45) is 1.70. The Bertz CT molecular complexity index is 420. The fraction of sp³-hybridized carbons (Fsp3) is 0.125. The molecule has 88 valence electrons. The van der Waals surface area contributed by atoms with Crippen molar-refractivity contribution in [3.63, 3.8) is 0 Å². The van der Waals surface area contributed by atoms with Gasteiger partial charge in [-0.3, -0.25) is 0 Å². The predicted molar refractivity (Wildman–Crippen MR) is 76.2 cm³/mol. The molecule has 0 spiro atoms. The Kier molecular flexibility index (Phi) is 5.59. The van der Waals surface area contributed by atoms with E-state index in [1.54, 1.807) is 6.20 Å². The van der Waals surface area contributed by atoms with Gasteiger partial charge >= 0.3 is 0 Å². The van der Waals surface area contributed by atoms with Crippen LogP contribution < -0.4 is 5.32 Å². The van der Waals surface area contributed by atoms with Crippen molar-refractivity contribution in [3.05, 3.63) is 78.5 Å². The zero-order valence-electron chi connectivity index (χ0n) is 10.5. The Labute approximate surface area is 104 Å². The van der Waals surface area contributed by atoms with Crippen LogP contribution in [0.25, 0.3) is 0 Å². The van der Waals surface area contributed by atoms with E-state index in [2.05, 4.69) is 31.8 Å². The summed E-state index contributed by atoms with van der Waals surface area (Å²) in [5.74, 6) is 0. The van der Waals surface area contributed by atoms with E-state index in [4.69, 9.17) is 0 Å². The van der Waals surface area contributed by atoms with Crippen LogP contribution in [0, 0.1) is 13.8 Å². The lowest BCUT2D eigenvalue weighted by molar-refractivity contribution is 1.33. The van der Waals surface area contributed by atoms with Gasteiger partial charge in [-0.1, -0.05) is 55.1 Å². The minimum atomic E-state index is 1.14. The topological polar surface area (TPSA) is 12.0 Å². The first-order chi connectivity index (χ1) is 8.25. The van der Waals surface area contributed by atoms with Crippen molar-refractivity contribution in [1.29, 1.82) is 0 Å². The van der Waals surface area contributed by atoms with E-state index in [1.807, 2.05) is 48.5 Å². The van der Waals surface area contributed by atoms with E-state index >= 15 is 0 Å². The molecule has 17 heavy (non-hydrogen) atoms. The van der Waals surface area contributed by atoms with Crippen LogP contribution in [0.5, 0.6) is 0 Å². The van der Waals surface area contributed by atoms with Gasteiger partial charge in [-0.15, -0.1) is 0 Å². The third kappa shape index (κ3) is 4.56. The van der Waals surface area contributed by atoms with Gasteiger partial charge < -0.3 is 5.32 Å². The molecule has 0 aliphatic heterocycles. The maximum absolute atomic E-state index is 3.62. The molecule has 0 aromatic heterocycles. The summed E-state index contributed by atoms with van der Waals surface area (Å²) in [5.41, 5.74) is 3.73. The molecule has 2 rings (SSSR count). The van der Waals surface area contributed by atoms with E-state index in [0.717, 1.165) is 5.69 Å². The summed E-state index contributed by atoms with van der Waals surface area (Å²) in [7, 11) is 0. The lowest BCUT2D eigenvalue weighted by Crippen LogP contribution is -1.91. The van der Waals surface area contributed by atoms with E-state index in [1.165, 1.54) is 11.1 Å². The molecule has 1 nitrogen and oxygen atoms in total. The van der Waals surface area contributed by atoms with Gasteiger partial charge in [-0.2, -0.15) is 0 Å². The van der Waals surface area contributed by atoms with Crippen molar-refractivity contribution < 1.29 is 0 Å². The van der Waals surface area contributed by atoms with Crippen molar-refractivity contribution >= 4 is 5.69 Å². The number of hydrogen-bond acceptors (Lipinski definition) is 1. The van der Waals surface area contributed by atoms with Gasteiger partial charge in [0.25, 0.3) is 0 Å². The van der Waals surface area contributed by atoms with E-state index in [9.17, 15) is 0 Å². The molecule has 0 saturated heterocycles. The van der Waals surface area contributed by atoms with Crippen molar-refractivity contribution in [2.75, 3.05) is 5.32 Å². The molecular weight excluding hydrogens is 206 g/mol. The van der Waals surface area contributed by atoms with Gasteiger partial charge in [-0.05, 0) is 37.2 Å². The molecule has 1 N–H and O–H groups in total. The number of anilines is 1. The minimum absolute atomic E-state index is 1.14. The average Bonchev–Trinajstić information content (AvgIpc) is 2.38. The van der Waals surface area contributed by atoms with E-state index in [0.29, 0.717) is 0 Å². The van der Waals surface area contributed by atoms with Crippen LogP contribution in [-0.2, 0) is 0 Å². The SMILES string of the molecule is C=CNc1cccc(C)c1C.c1ccccc1. The highest BCUT2D eigenvalue weighted by Crippen LogP contribution is 2.17. The molecule has 2 aromatic rings. The van der Waals surface area contributed by atoms with Gasteiger partial charge in [0.05, 0.1) is 0 Å². The van der Waals surface area contributed by atoms with Crippen molar-refractivity contribution in [3.8, 4) is 0 Å². The molecule has 0 unspecified atom stereocenters. The van der Waals surface area contributed by atoms with Crippen molar-refractivity contribution in [2.24, 2.45) is 0 Å². The van der Waals surface area contributed by atoms with Crippen LogP contribution in [0.2, 0.25) is 0 Å². The van der Waals surface area contributed by atoms with E-state index in [-0.39, 0.29) is 0 Å². The maximum Gasteiger partial charge on any atom is 0.0411 e. The number of rotatable bonds is 2. The van der Waals surface area contributed by atoms with Crippen molar-refractivity contribution in [2.45, 2.75) is 13.8 Å². The third-order valence-electron chi connectivity index (χ3n) is 2.53. The second kappa shape index (κ2) is 7.29. The minimum Gasteiger partial charge on any atom is -0.362 e. The molecule has 1 heteroatoms. The first kappa shape index (κ1) is 13.0. The summed E-state index contributed by atoms with van der Waals surface area (Å²) < 4.78 is 0. The van der Waals surface area contributed by atoms with Crippen LogP contribution in [-0.4, -0.2) is 0 Å². The number of hydrogen-bond donors (Lipinski definition) is 1. The highest BCUT2D eigenvalue weighted by molar-refractivity contribution is 5.54. The first-order valence-electron chi connectivity index (χ1n) is 5.69. The average molecular weight is 225 g/mol. The van der Waals surface area contributed by atoms with Crippen LogP contribution in [0.15, 0.2) is 67.4 Å². The van der Waals surface area contributed by atoms with Gasteiger partial charge in [0, 0.05) is 5.69 Å². The number of aryl methyl sites for hydroxylation is 1. The quantitative estimate of drug-likeness (QED) is 0.791. The third-order valence-corrected chi connectivity index (χ3v) is 2.53. The first-order valence-corrected chi connectivity index (χ1v) is 5.69. The highest BCUT2D eigenvalue weighted by Gasteiger charge is 1.96. The normalized spacial score (nSPS) is 8.82. The lowest BCUT2D eigenvalue weighted by atomic mass is 10.1. The monoisotopic (exact) mass is 225 g/mol. The Hall–Kier alpha value is -2.02. The van der Waals surface area contributed by atoms with Crippen LogP contribution in [0.4, 0.5) is 5.69 Å². The summed E-state index contributed by atoms with van der Waals surface area (Å²) in [5, 5.41) is 3.08. The molecule has 0 amide bonds. The Morgan fingerprint density at radius 1 is 0.882 bits per heavy atom. The Morgan fingerprint density at radius 2 is 1.41 bits per heavy atom. The molecule has 2 aromatic carbocycles. The molecule has 0 radical (unpaired) electrons. The summed E-state index contributed by atoms with van der Waals surface area (Å²) in [4.78, 5) is 0. The van der Waals surface area contributed by atoms with Crippen LogP contribution in [0.1, 0.15) is 11.1 Å². The van der Waals surface area contributed by atoms with Gasteiger partial charge in [0.15, 0.2) is 0 Å². The second-order valence-corrected chi connectivity index (χ2v) is 3.75. The van der Waals surface area contributed by atoms with E-state index < -0.39 is 0 Å². The Balaban J connectivity index is 0.000000202. The molecule has 0 saturated carbocycles. The molecular formula is C16H19N. The maximum atomic E-state index is 3.62. The second-order valence-electron chi connectivity index (χ2n) is 3.75. The molecule has 0 fully saturated rings. The highest BCUT2D eigenvalue weighted by atomic mass is 14.8. The zero-order chi connectivity index (χ0) is 12.5. The summed E-state index contributed by atoms with van der Waals surface area (Å²) in [6, 6.07) is 18.2. The predicted octanol–water partition coefficient (Wildman–Crippen LogP) is 4.55. The molecule has 0 heterocycles. The summed E-state index contributed by atoms with van der Waals surface area (Å²) in [6.45, 7) is 7.81. The molecule has 0 bridgehead atoms. The number of benzene rings is 2. The zero-order valence-corrected chi connectivity index (χ0v) is 10.5. The Morgan fingerprint density at radius 3 is 1.88 bits per heavy atom. The van der Waals surface area contributed by atoms with Crippen molar-refractivity contribution in [1.82, 2.24) is 0 Å². The van der Waals surface area contributed by atoms with Gasteiger partial charge in [0.1, 0.15) is 0 Å². The number of nitrogens with one attached hydrogen (secondary N) is 1. The standard InChI is InChI=1S/C10H13N.C6H6/c1-4-11-10-7-5-6-8(2)9(10)3;1-2-4-6-5-3-1/h4-7,11H,1H2,2-3H3;1-6H. The largest absolute Gasteiger partial charge is 0.362 e. The van der Waals surface area contributed by atoms with Gasteiger partial charge in [0.2, 0.25) is 0 Å². The fourth-order valence-electron chi connectivity index (χ4n) is 1.40. The fourth-order valence-corrected chi connectivity index (χ4v) is 1.40.